The van der Waals surface area contributed by atoms with Gasteiger partial charge in [-0.25, -0.2) is 4.39 Å². The minimum Gasteiger partial charge on any atom is -0.308 e. The van der Waals surface area contributed by atoms with Crippen molar-refractivity contribution < 1.29 is 14.0 Å². The molecule has 1 fully saturated rings. The van der Waals surface area contributed by atoms with Crippen molar-refractivity contribution in [2.75, 3.05) is 26.7 Å². The Morgan fingerprint density at radius 2 is 1.95 bits per heavy atom. The van der Waals surface area contributed by atoms with Gasteiger partial charge in [0.15, 0.2) is 5.78 Å². The summed E-state index contributed by atoms with van der Waals surface area (Å²) in [6.45, 7) is 2.58. The third-order valence-electron chi connectivity index (χ3n) is 4.52. The van der Waals surface area contributed by atoms with E-state index in [-0.39, 0.29) is 17.1 Å². The first-order valence-corrected chi connectivity index (χ1v) is 7.75. The zero-order chi connectivity index (χ0) is 16.0. The van der Waals surface area contributed by atoms with Gasteiger partial charge < -0.3 is 15.0 Å². The predicted molar refractivity (Wildman–Crippen MR) is 83.5 cm³/mol. The van der Waals surface area contributed by atoms with E-state index in [1.165, 1.54) is 24.3 Å². The lowest BCUT2D eigenvalue weighted by Gasteiger charge is -2.38. The number of piperidine rings is 1. The van der Waals surface area contributed by atoms with Crippen molar-refractivity contribution in [2.45, 2.75) is 31.2 Å². The quantitative estimate of drug-likeness (QED) is 0.619. The maximum atomic E-state index is 12.8. The molecule has 1 saturated heterocycles. The van der Waals surface area contributed by atoms with Gasteiger partial charge in [0.25, 0.3) is 0 Å². The Hall–Kier alpha value is -1.59. The Balaban J connectivity index is 1.72. The van der Waals surface area contributed by atoms with Gasteiger partial charge in [0, 0.05) is 25.1 Å². The third-order valence-corrected chi connectivity index (χ3v) is 4.52. The summed E-state index contributed by atoms with van der Waals surface area (Å²) in [5, 5.41) is 3.11. The molecule has 120 valence electrons. The van der Waals surface area contributed by atoms with E-state index in [4.69, 9.17) is 0 Å². The van der Waals surface area contributed by atoms with Crippen molar-refractivity contribution in [3.8, 4) is 0 Å². The molecule has 0 aliphatic carbocycles. The molecule has 0 unspecified atom stereocenters. The summed E-state index contributed by atoms with van der Waals surface area (Å²) < 4.78 is 12.8. The number of ketones is 1. The number of hydrogen-bond acceptors (Lipinski definition) is 4. The van der Waals surface area contributed by atoms with Gasteiger partial charge in [-0.2, -0.15) is 0 Å². The molecule has 1 heterocycles. The van der Waals surface area contributed by atoms with Gasteiger partial charge in [-0.15, -0.1) is 0 Å². The molecule has 1 aliphatic heterocycles. The first-order chi connectivity index (χ1) is 10.6. The molecule has 0 atom stereocenters. The van der Waals surface area contributed by atoms with Crippen molar-refractivity contribution in [1.82, 2.24) is 10.2 Å². The van der Waals surface area contributed by atoms with Gasteiger partial charge in [0.2, 0.25) is 0 Å². The lowest BCUT2D eigenvalue weighted by molar-refractivity contribution is -0.115. The molecule has 1 aromatic rings. The first kappa shape index (κ1) is 16.8. The molecule has 0 spiro atoms. The lowest BCUT2D eigenvalue weighted by Crippen LogP contribution is -2.53. The Bertz CT molecular complexity index is 508. The molecule has 1 N–H and O–H groups in total. The van der Waals surface area contributed by atoms with Crippen LogP contribution in [0.25, 0.3) is 0 Å². The fourth-order valence-corrected chi connectivity index (χ4v) is 2.85. The number of likely N-dealkylation sites (tertiary alicyclic amines) is 1. The second kappa shape index (κ2) is 7.61. The number of hydrogen-bond donors (Lipinski definition) is 1. The molecule has 1 aromatic carbocycles. The van der Waals surface area contributed by atoms with Crippen LogP contribution < -0.4 is 5.32 Å². The van der Waals surface area contributed by atoms with Crippen LogP contribution in [0.2, 0.25) is 0 Å². The van der Waals surface area contributed by atoms with E-state index in [9.17, 15) is 14.0 Å². The maximum Gasteiger partial charge on any atom is 0.162 e. The van der Waals surface area contributed by atoms with Gasteiger partial charge in [-0.05, 0) is 57.1 Å². The Morgan fingerprint density at radius 1 is 1.32 bits per heavy atom. The van der Waals surface area contributed by atoms with E-state index in [0.29, 0.717) is 12.0 Å². The van der Waals surface area contributed by atoms with Gasteiger partial charge in [-0.1, -0.05) is 0 Å². The SMILES string of the molecule is CNC1(C=O)CCN(CCCC(=O)c2ccc(F)cc2)CC1. The number of carbonyl (C=O) groups is 2. The molecular weight excluding hydrogens is 283 g/mol. The van der Waals surface area contributed by atoms with Crippen LogP contribution in [-0.2, 0) is 4.79 Å². The van der Waals surface area contributed by atoms with E-state index >= 15 is 0 Å². The molecule has 0 radical (unpaired) electrons. The van der Waals surface area contributed by atoms with Crippen LogP contribution in [0.4, 0.5) is 4.39 Å². The number of Topliss-reactive ketones (excluding diaryl/α,β-unsaturated/α-hetero) is 1. The van der Waals surface area contributed by atoms with Crippen molar-refractivity contribution in [2.24, 2.45) is 0 Å². The molecular formula is C17H23FN2O2. The van der Waals surface area contributed by atoms with E-state index in [1.54, 1.807) is 0 Å². The second-order valence-electron chi connectivity index (χ2n) is 5.90. The maximum absolute atomic E-state index is 12.8. The number of aldehydes is 1. The molecule has 0 saturated carbocycles. The highest BCUT2D eigenvalue weighted by molar-refractivity contribution is 5.95. The van der Waals surface area contributed by atoms with Crippen LogP contribution in [0.5, 0.6) is 0 Å². The average molecular weight is 306 g/mol. The summed E-state index contributed by atoms with van der Waals surface area (Å²) in [6.07, 6.45) is 3.87. The molecule has 0 amide bonds. The number of rotatable bonds is 7. The molecule has 5 heteroatoms. The zero-order valence-electron chi connectivity index (χ0n) is 13.0. The fourth-order valence-electron chi connectivity index (χ4n) is 2.85. The van der Waals surface area contributed by atoms with Crippen LogP contribution in [0, 0.1) is 5.82 Å². The topological polar surface area (TPSA) is 49.4 Å². The highest BCUT2D eigenvalue weighted by Crippen LogP contribution is 2.20. The molecule has 22 heavy (non-hydrogen) atoms. The lowest BCUT2D eigenvalue weighted by atomic mass is 9.89. The first-order valence-electron chi connectivity index (χ1n) is 7.75. The Morgan fingerprint density at radius 3 is 2.50 bits per heavy atom. The van der Waals surface area contributed by atoms with Crippen molar-refractivity contribution >= 4 is 12.1 Å². The van der Waals surface area contributed by atoms with E-state index in [0.717, 1.165) is 45.2 Å². The van der Waals surface area contributed by atoms with E-state index in [1.807, 2.05) is 7.05 Å². The summed E-state index contributed by atoms with van der Waals surface area (Å²) in [6, 6.07) is 5.69. The smallest absolute Gasteiger partial charge is 0.162 e. The molecule has 0 aromatic heterocycles. The van der Waals surface area contributed by atoms with Gasteiger partial charge in [0.1, 0.15) is 12.1 Å². The summed E-state index contributed by atoms with van der Waals surface area (Å²) >= 11 is 0. The molecule has 4 nitrogen and oxygen atoms in total. The molecule has 1 aliphatic rings. The monoisotopic (exact) mass is 306 g/mol. The number of benzene rings is 1. The summed E-state index contributed by atoms with van der Waals surface area (Å²) in [5.74, 6) is -0.275. The van der Waals surface area contributed by atoms with Crippen LogP contribution in [0.1, 0.15) is 36.0 Å². The van der Waals surface area contributed by atoms with Crippen LogP contribution in [-0.4, -0.2) is 49.2 Å². The van der Waals surface area contributed by atoms with Gasteiger partial charge in [-0.3, -0.25) is 4.79 Å². The van der Waals surface area contributed by atoms with Gasteiger partial charge >= 0.3 is 0 Å². The van der Waals surface area contributed by atoms with Crippen LogP contribution in [0.3, 0.4) is 0 Å². The summed E-state index contributed by atoms with van der Waals surface area (Å²) in [4.78, 5) is 25.4. The Labute approximate surface area is 130 Å². The largest absolute Gasteiger partial charge is 0.308 e. The highest BCUT2D eigenvalue weighted by Gasteiger charge is 2.32. The number of nitrogens with zero attached hydrogens (tertiary/aromatic N) is 1. The average Bonchev–Trinajstić information content (AvgIpc) is 2.56. The van der Waals surface area contributed by atoms with Crippen molar-refractivity contribution in [3.05, 3.63) is 35.6 Å². The number of likely N-dealkylation sites (N-methyl/N-ethyl adjacent to an activating group) is 1. The Kier molecular flexibility index (Phi) is 5.80. The number of nitrogens with one attached hydrogen (secondary N) is 1. The van der Waals surface area contributed by atoms with Gasteiger partial charge in [0.05, 0.1) is 5.54 Å². The number of halogens is 1. The summed E-state index contributed by atoms with van der Waals surface area (Å²) in [5.41, 5.74) is 0.190. The standard InChI is InChI=1S/C17H23FN2O2/c1-19-17(13-21)8-11-20(12-9-17)10-2-3-16(22)14-4-6-15(18)7-5-14/h4-7,13,19H,2-3,8-12H2,1H3. The molecule has 0 bridgehead atoms. The normalized spacial score (nSPS) is 18.1. The van der Waals surface area contributed by atoms with Crippen LogP contribution >= 0.6 is 0 Å². The second-order valence-corrected chi connectivity index (χ2v) is 5.90. The van der Waals surface area contributed by atoms with Crippen LogP contribution in [0.15, 0.2) is 24.3 Å². The van der Waals surface area contributed by atoms with E-state index in [2.05, 4.69) is 10.2 Å². The zero-order valence-corrected chi connectivity index (χ0v) is 13.0. The minimum atomic E-state index is -0.375. The number of carbonyl (C=O) groups excluding carboxylic acids is 2. The van der Waals surface area contributed by atoms with Crippen molar-refractivity contribution in [3.63, 3.8) is 0 Å². The third kappa shape index (κ3) is 4.21. The van der Waals surface area contributed by atoms with Crippen molar-refractivity contribution in [1.29, 1.82) is 0 Å². The van der Waals surface area contributed by atoms with E-state index < -0.39 is 0 Å². The fraction of sp³-hybridized carbons (Fsp3) is 0.529. The predicted octanol–water partition coefficient (Wildman–Crippen LogP) is 2.04. The molecule has 2 rings (SSSR count). The summed E-state index contributed by atoms with van der Waals surface area (Å²) in [7, 11) is 1.82. The minimum absolute atomic E-state index is 0.0504. The highest BCUT2D eigenvalue weighted by atomic mass is 19.1.